The molecule has 1 aromatic carbocycles. The summed E-state index contributed by atoms with van der Waals surface area (Å²) < 4.78 is 52.2. The van der Waals surface area contributed by atoms with Gasteiger partial charge in [-0.05, 0) is 38.0 Å². The number of likely N-dealkylation sites (tertiary alicyclic amines) is 1. The van der Waals surface area contributed by atoms with E-state index in [1.54, 1.807) is 6.92 Å². The minimum absolute atomic E-state index is 0.232. The van der Waals surface area contributed by atoms with Gasteiger partial charge in [0.15, 0.2) is 0 Å². The van der Waals surface area contributed by atoms with E-state index in [0.717, 1.165) is 6.07 Å². The predicted octanol–water partition coefficient (Wildman–Crippen LogP) is 2.39. The summed E-state index contributed by atoms with van der Waals surface area (Å²) in [5, 5.41) is 2.29. The fraction of sp³-hybridized carbons (Fsp3) is 0.467. The Balaban J connectivity index is 2.25. The van der Waals surface area contributed by atoms with Crippen LogP contribution in [0.1, 0.15) is 30.9 Å². The average Bonchev–Trinajstić information content (AvgIpc) is 2.46. The number of nitrogens with two attached hydrogens (primary N) is 1. The first-order valence-electron chi connectivity index (χ1n) is 7.31. The van der Waals surface area contributed by atoms with Crippen LogP contribution in [0.25, 0.3) is 0 Å². The molecule has 1 saturated heterocycles. The number of nitrogens with one attached hydrogen (secondary N) is 1. The SMILES string of the molecule is C[C@@H]1CC[C@@H](NC(N)=O)C(=O)N1Cc1cc(C(F)(F)F)ccc1F. The van der Waals surface area contributed by atoms with Gasteiger partial charge in [-0.25, -0.2) is 9.18 Å². The number of benzene rings is 1. The quantitative estimate of drug-likeness (QED) is 0.824. The van der Waals surface area contributed by atoms with Gasteiger partial charge in [0.1, 0.15) is 11.9 Å². The minimum atomic E-state index is -4.60. The van der Waals surface area contributed by atoms with E-state index in [2.05, 4.69) is 5.32 Å². The molecule has 2 rings (SSSR count). The van der Waals surface area contributed by atoms with Crippen LogP contribution in [0, 0.1) is 5.82 Å². The molecule has 3 N–H and O–H groups in total. The number of primary amides is 1. The molecule has 132 valence electrons. The molecule has 1 aliphatic rings. The zero-order valence-corrected chi connectivity index (χ0v) is 12.9. The lowest BCUT2D eigenvalue weighted by atomic mass is 9.97. The monoisotopic (exact) mass is 347 g/mol. The summed E-state index contributed by atoms with van der Waals surface area (Å²) in [5.41, 5.74) is 3.79. The highest BCUT2D eigenvalue weighted by Gasteiger charge is 2.35. The van der Waals surface area contributed by atoms with Crippen LogP contribution in [0.5, 0.6) is 0 Å². The molecule has 1 heterocycles. The van der Waals surface area contributed by atoms with Crippen LogP contribution < -0.4 is 11.1 Å². The molecule has 0 aliphatic carbocycles. The van der Waals surface area contributed by atoms with Crippen LogP contribution in [0.2, 0.25) is 0 Å². The van der Waals surface area contributed by atoms with Crippen molar-refractivity contribution < 1.29 is 27.2 Å². The number of alkyl halides is 3. The fourth-order valence-electron chi connectivity index (χ4n) is 2.70. The molecule has 3 amide bonds. The zero-order valence-electron chi connectivity index (χ0n) is 12.9. The van der Waals surface area contributed by atoms with Crippen molar-refractivity contribution in [2.75, 3.05) is 0 Å². The maximum Gasteiger partial charge on any atom is 0.416 e. The summed E-state index contributed by atoms with van der Waals surface area (Å²) in [6.07, 6.45) is -3.72. The van der Waals surface area contributed by atoms with Crippen LogP contribution in [0.15, 0.2) is 18.2 Å². The second-order valence-electron chi connectivity index (χ2n) is 5.76. The fourth-order valence-corrected chi connectivity index (χ4v) is 2.70. The van der Waals surface area contributed by atoms with E-state index in [1.165, 1.54) is 4.90 Å². The van der Waals surface area contributed by atoms with Crippen molar-refractivity contribution in [2.24, 2.45) is 5.73 Å². The average molecular weight is 347 g/mol. The van der Waals surface area contributed by atoms with E-state index in [9.17, 15) is 27.2 Å². The van der Waals surface area contributed by atoms with Crippen LogP contribution >= 0.6 is 0 Å². The molecule has 1 aromatic rings. The van der Waals surface area contributed by atoms with E-state index in [-0.39, 0.29) is 18.2 Å². The molecule has 1 aliphatic heterocycles. The van der Waals surface area contributed by atoms with Gasteiger partial charge in [0.05, 0.1) is 5.56 Å². The molecule has 0 unspecified atom stereocenters. The lowest BCUT2D eigenvalue weighted by Gasteiger charge is -2.37. The first kappa shape index (κ1) is 18.0. The van der Waals surface area contributed by atoms with Gasteiger partial charge in [0, 0.05) is 18.2 Å². The third kappa shape index (κ3) is 3.95. The summed E-state index contributed by atoms with van der Waals surface area (Å²) in [6.45, 7) is 1.40. The number of carbonyl (C=O) groups excluding carboxylic acids is 2. The highest BCUT2D eigenvalue weighted by atomic mass is 19.4. The second kappa shape index (κ2) is 6.66. The van der Waals surface area contributed by atoms with E-state index in [1.807, 2.05) is 0 Å². The number of carbonyl (C=O) groups is 2. The van der Waals surface area contributed by atoms with Crippen molar-refractivity contribution in [3.05, 3.63) is 35.1 Å². The van der Waals surface area contributed by atoms with Gasteiger partial charge >= 0.3 is 12.2 Å². The number of rotatable bonds is 3. The predicted molar refractivity (Wildman–Crippen MR) is 77.2 cm³/mol. The standard InChI is InChI=1S/C15H17F4N3O2/c1-8-2-5-12(21-14(20)24)13(23)22(8)7-9-6-10(15(17,18)19)3-4-11(9)16/h3-4,6,8,12H,2,5,7H2,1H3,(H3,20,21,24)/t8-,12-/m1/s1. The molecule has 9 heteroatoms. The number of urea groups is 1. The van der Waals surface area contributed by atoms with Gasteiger partial charge in [-0.2, -0.15) is 13.2 Å². The van der Waals surface area contributed by atoms with Crippen molar-refractivity contribution >= 4 is 11.9 Å². The van der Waals surface area contributed by atoms with Gasteiger partial charge < -0.3 is 16.0 Å². The lowest BCUT2D eigenvalue weighted by molar-refractivity contribution is -0.139. The number of hydrogen-bond acceptors (Lipinski definition) is 2. The Hall–Kier alpha value is -2.32. The van der Waals surface area contributed by atoms with E-state index < -0.39 is 35.5 Å². The van der Waals surface area contributed by atoms with Crippen LogP contribution in [0.4, 0.5) is 22.4 Å². The lowest BCUT2D eigenvalue weighted by Crippen LogP contribution is -2.55. The minimum Gasteiger partial charge on any atom is -0.352 e. The topological polar surface area (TPSA) is 75.4 Å². The first-order chi connectivity index (χ1) is 11.1. The van der Waals surface area contributed by atoms with Gasteiger partial charge in [-0.15, -0.1) is 0 Å². The molecule has 0 bridgehead atoms. The maximum absolute atomic E-state index is 13.9. The summed E-state index contributed by atoms with van der Waals surface area (Å²) in [4.78, 5) is 24.6. The molecule has 0 radical (unpaired) electrons. The number of hydrogen-bond donors (Lipinski definition) is 2. The van der Waals surface area contributed by atoms with Crippen LogP contribution in [-0.2, 0) is 17.5 Å². The Morgan fingerprint density at radius 2 is 2.04 bits per heavy atom. The molecular weight excluding hydrogens is 330 g/mol. The molecular formula is C15H17F4N3O2. The molecule has 24 heavy (non-hydrogen) atoms. The number of piperidine rings is 1. The van der Waals surface area contributed by atoms with Crippen molar-refractivity contribution in [2.45, 2.75) is 44.6 Å². The Morgan fingerprint density at radius 3 is 2.62 bits per heavy atom. The third-order valence-corrected chi connectivity index (χ3v) is 4.02. The van der Waals surface area contributed by atoms with Crippen LogP contribution in [-0.4, -0.2) is 28.9 Å². The van der Waals surface area contributed by atoms with Crippen molar-refractivity contribution in [3.8, 4) is 0 Å². The largest absolute Gasteiger partial charge is 0.416 e. The van der Waals surface area contributed by atoms with E-state index in [4.69, 9.17) is 5.73 Å². The molecule has 1 fully saturated rings. The molecule has 0 saturated carbocycles. The van der Waals surface area contributed by atoms with Crippen LogP contribution in [0.3, 0.4) is 0 Å². The Bertz CT molecular complexity index is 648. The highest BCUT2D eigenvalue weighted by molar-refractivity contribution is 5.87. The number of halogens is 4. The Morgan fingerprint density at radius 1 is 1.38 bits per heavy atom. The molecule has 0 aromatic heterocycles. The van der Waals surface area contributed by atoms with Crippen molar-refractivity contribution in [1.29, 1.82) is 0 Å². The molecule has 2 atom stereocenters. The highest BCUT2D eigenvalue weighted by Crippen LogP contribution is 2.31. The molecule has 0 spiro atoms. The van der Waals surface area contributed by atoms with E-state index >= 15 is 0 Å². The van der Waals surface area contributed by atoms with Gasteiger partial charge in [0.2, 0.25) is 5.91 Å². The smallest absolute Gasteiger partial charge is 0.352 e. The summed E-state index contributed by atoms with van der Waals surface area (Å²) >= 11 is 0. The number of nitrogens with zero attached hydrogens (tertiary/aromatic N) is 1. The van der Waals surface area contributed by atoms with Gasteiger partial charge in [-0.1, -0.05) is 0 Å². The normalized spacial score (nSPS) is 21.7. The van der Waals surface area contributed by atoms with E-state index in [0.29, 0.717) is 25.0 Å². The summed E-state index contributed by atoms with van der Waals surface area (Å²) in [5.74, 6) is -1.32. The summed E-state index contributed by atoms with van der Waals surface area (Å²) in [6, 6.07) is 0.0622. The molecule has 5 nitrogen and oxygen atoms in total. The maximum atomic E-state index is 13.9. The Kier molecular flexibility index (Phi) is 5.00. The van der Waals surface area contributed by atoms with Gasteiger partial charge in [-0.3, -0.25) is 4.79 Å². The first-order valence-corrected chi connectivity index (χ1v) is 7.31. The van der Waals surface area contributed by atoms with Crippen molar-refractivity contribution in [1.82, 2.24) is 10.2 Å². The van der Waals surface area contributed by atoms with Crippen molar-refractivity contribution in [3.63, 3.8) is 0 Å². The summed E-state index contributed by atoms with van der Waals surface area (Å²) in [7, 11) is 0. The zero-order chi connectivity index (χ0) is 18.1. The third-order valence-electron chi connectivity index (χ3n) is 4.02. The number of amides is 3. The Labute approximate surface area is 135 Å². The second-order valence-corrected chi connectivity index (χ2v) is 5.76. The van der Waals surface area contributed by atoms with Gasteiger partial charge in [0.25, 0.3) is 0 Å².